The molecule has 1 N–H and O–H groups in total. The summed E-state index contributed by atoms with van der Waals surface area (Å²) in [5, 5.41) is 9.94. The van der Waals surface area contributed by atoms with E-state index in [0.29, 0.717) is 22.6 Å². The van der Waals surface area contributed by atoms with Gasteiger partial charge in [0.25, 0.3) is 0 Å². The number of pyridine rings is 4. The molecule has 0 unspecified atom stereocenters. The van der Waals surface area contributed by atoms with Crippen molar-refractivity contribution in [1.82, 2.24) is 24.9 Å². The van der Waals surface area contributed by atoms with Crippen molar-refractivity contribution in [1.29, 1.82) is 5.26 Å². The van der Waals surface area contributed by atoms with Gasteiger partial charge in [-0.2, -0.15) is 18.4 Å². The van der Waals surface area contributed by atoms with Gasteiger partial charge in [-0.1, -0.05) is 6.07 Å². The van der Waals surface area contributed by atoms with E-state index in [1.165, 1.54) is 6.07 Å². The van der Waals surface area contributed by atoms with Crippen molar-refractivity contribution in [3.05, 3.63) is 95.8 Å². The lowest BCUT2D eigenvalue weighted by atomic mass is 10.0. The molecule has 0 aromatic carbocycles. The highest BCUT2D eigenvalue weighted by atomic mass is 19.4. The van der Waals surface area contributed by atoms with Crippen LogP contribution < -0.4 is 0 Å². The van der Waals surface area contributed by atoms with Crippen molar-refractivity contribution in [3.63, 3.8) is 0 Å². The van der Waals surface area contributed by atoms with Gasteiger partial charge in [0.15, 0.2) is 0 Å². The predicted octanol–water partition coefficient (Wildman–Crippen LogP) is 5.33. The summed E-state index contributed by atoms with van der Waals surface area (Å²) in [6, 6.07) is 15.2. The molecule has 5 aromatic heterocycles. The summed E-state index contributed by atoms with van der Waals surface area (Å²) in [6.07, 6.45) is 1.26. The minimum atomic E-state index is -4.56. The Bertz CT molecular complexity index is 1650. The number of ketones is 1. The Hall–Kier alpha value is -4.91. The molecule has 0 aliphatic heterocycles. The number of hydrogen-bond acceptors (Lipinski definition) is 6. The molecule has 182 valence electrons. The van der Waals surface area contributed by atoms with E-state index in [9.17, 15) is 18.0 Å². The fourth-order valence-electron chi connectivity index (χ4n) is 3.93. The standard InChI is InChI=1S/C27H17F3N6O/c28-27(29,30)25-9-16(3-5-33-25)7-22(37)8-17-1-2-23(34-14-17)20-10-19-12-24(36-26(19)35-15-20)18-4-6-32-21(11-18)13-31/h1-6,9-12,14-15H,7-8H2,(H,35,36). The second-order valence-electron chi connectivity index (χ2n) is 8.38. The van der Waals surface area contributed by atoms with E-state index >= 15 is 0 Å². The van der Waals surface area contributed by atoms with Crippen LogP contribution in [0, 0.1) is 11.3 Å². The van der Waals surface area contributed by atoms with E-state index in [2.05, 4.69) is 24.9 Å². The summed E-state index contributed by atoms with van der Waals surface area (Å²) in [4.78, 5) is 31.9. The van der Waals surface area contributed by atoms with Gasteiger partial charge >= 0.3 is 6.18 Å². The highest BCUT2D eigenvalue weighted by Gasteiger charge is 2.32. The largest absolute Gasteiger partial charge is 0.433 e. The van der Waals surface area contributed by atoms with Crippen LogP contribution in [-0.4, -0.2) is 30.7 Å². The molecule has 0 atom stereocenters. The first-order chi connectivity index (χ1) is 17.8. The van der Waals surface area contributed by atoms with E-state index in [1.54, 1.807) is 42.9 Å². The number of Topliss-reactive ketones (excluding diaryl/α,β-unsaturated/α-hetero) is 1. The normalized spacial score (nSPS) is 11.4. The maximum atomic E-state index is 12.8. The molecule has 0 spiro atoms. The number of fused-ring (bicyclic) bond motifs is 1. The van der Waals surface area contributed by atoms with Crippen molar-refractivity contribution in [3.8, 4) is 28.6 Å². The molecule has 0 fully saturated rings. The van der Waals surface area contributed by atoms with Crippen LogP contribution in [0.25, 0.3) is 33.5 Å². The summed E-state index contributed by atoms with van der Waals surface area (Å²) in [7, 11) is 0. The Kier molecular flexibility index (Phi) is 6.19. The molecule has 0 bridgehead atoms. The number of nitriles is 1. The number of aromatic nitrogens is 5. The second-order valence-corrected chi connectivity index (χ2v) is 8.38. The zero-order chi connectivity index (χ0) is 26.0. The lowest BCUT2D eigenvalue weighted by Gasteiger charge is -2.07. The zero-order valence-electron chi connectivity index (χ0n) is 19.1. The SMILES string of the molecule is N#Cc1cc(-c2cc3cc(-c4ccc(CC(=O)Cc5ccnc(C(F)(F)F)c5)cn4)cnc3[nH]2)ccn1. The van der Waals surface area contributed by atoms with E-state index in [1.807, 2.05) is 18.2 Å². The van der Waals surface area contributed by atoms with Gasteiger partial charge < -0.3 is 4.98 Å². The number of H-pyrrole nitrogens is 1. The zero-order valence-corrected chi connectivity index (χ0v) is 19.1. The molecular formula is C27H17F3N6O. The molecule has 5 rings (SSSR count). The molecule has 5 aromatic rings. The Morgan fingerprint density at radius 3 is 2.43 bits per heavy atom. The number of nitrogens with one attached hydrogen (secondary N) is 1. The van der Waals surface area contributed by atoms with Crippen molar-refractivity contribution < 1.29 is 18.0 Å². The second kappa shape index (κ2) is 9.62. The van der Waals surface area contributed by atoms with Crippen molar-refractivity contribution in [2.24, 2.45) is 0 Å². The number of aromatic amines is 1. The Labute approximate surface area is 208 Å². The molecule has 37 heavy (non-hydrogen) atoms. The van der Waals surface area contributed by atoms with Crippen molar-refractivity contribution in [2.75, 3.05) is 0 Å². The van der Waals surface area contributed by atoms with Gasteiger partial charge in [0.1, 0.15) is 28.9 Å². The third kappa shape index (κ3) is 5.36. The highest BCUT2D eigenvalue weighted by molar-refractivity contribution is 5.86. The summed E-state index contributed by atoms with van der Waals surface area (Å²) < 4.78 is 38.5. The molecule has 7 nitrogen and oxygen atoms in total. The average Bonchev–Trinajstić information content (AvgIpc) is 3.32. The van der Waals surface area contributed by atoms with Crippen LogP contribution in [-0.2, 0) is 23.8 Å². The Balaban J connectivity index is 1.29. The summed E-state index contributed by atoms with van der Waals surface area (Å²) >= 11 is 0. The van der Waals surface area contributed by atoms with Gasteiger partial charge in [0.2, 0.25) is 0 Å². The van der Waals surface area contributed by atoms with Gasteiger partial charge in [-0.05, 0) is 53.6 Å². The van der Waals surface area contributed by atoms with Gasteiger partial charge in [0.05, 0.1) is 5.69 Å². The smallest absolute Gasteiger partial charge is 0.339 e. The molecule has 0 amide bonds. The Morgan fingerprint density at radius 2 is 1.68 bits per heavy atom. The maximum Gasteiger partial charge on any atom is 0.433 e. The van der Waals surface area contributed by atoms with Crippen LogP contribution in [0.2, 0.25) is 0 Å². The number of rotatable bonds is 6. The molecule has 0 radical (unpaired) electrons. The van der Waals surface area contributed by atoms with E-state index in [4.69, 9.17) is 5.26 Å². The minimum Gasteiger partial charge on any atom is -0.339 e. The first-order valence-corrected chi connectivity index (χ1v) is 11.1. The lowest BCUT2D eigenvalue weighted by molar-refractivity contribution is -0.141. The van der Waals surface area contributed by atoms with Crippen LogP contribution in [0.5, 0.6) is 0 Å². The van der Waals surface area contributed by atoms with Crippen molar-refractivity contribution in [2.45, 2.75) is 19.0 Å². The third-order valence-corrected chi connectivity index (χ3v) is 5.69. The topological polar surface area (TPSA) is 108 Å². The van der Waals surface area contributed by atoms with Gasteiger partial charge in [-0.25, -0.2) is 9.97 Å². The van der Waals surface area contributed by atoms with E-state index < -0.39 is 11.9 Å². The van der Waals surface area contributed by atoms with Crippen LogP contribution in [0.1, 0.15) is 22.5 Å². The number of hydrogen-bond donors (Lipinski definition) is 1. The summed E-state index contributed by atoms with van der Waals surface area (Å²) in [6.45, 7) is 0. The van der Waals surface area contributed by atoms with E-state index in [-0.39, 0.29) is 24.2 Å². The van der Waals surface area contributed by atoms with Gasteiger partial charge in [-0.3, -0.25) is 14.8 Å². The fraction of sp³-hybridized carbons (Fsp3) is 0.111. The van der Waals surface area contributed by atoms with E-state index in [0.717, 1.165) is 34.5 Å². The van der Waals surface area contributed by atoms with Crippen LogP contribution in [0.15, 0.2) is 73.3 Å². The van der Waals surface area contributed by atoms with Crippen LogP contribution in [0.4, 0.5) is 13.2 Å². The number of carbonyl (C=O) groups is 1. The highest BCUT2D eigenvalue weighted by Crippen LogP contribution is 2.28. The fourth-order valence-corrected chi connectivity index (χ4v) is 3.93. The number of alkyl halides is 3. The van der Waals surface area contributed by atoms with Crippen LogP contribution >= 0.6 is 0 Å². The lowest BCUT2D eigenvalue weighted by Crippen LogP contribution is -2.11. The summed E-state index contributed by atoms with van der Waals surface area (Å²) in [5.74, 6) is -0.229. The van der Waals surface area contributed by atoms with Crippen LogP contribution in [0.3, 0.4) is 0 Å². The van der Waals surface area contributed by atoms with Gasteiger partial charge in [0, 0.05) is 59.8 Å². The molecule has 10 heteroatoms. The number of halogens is 3. The quantitative estimate of drug-likeness (QED) is 0.339. The molecule has 0 aliphatic carbocycles. The number of nitrogens with zero attached hydrogens (tertiary/aromatic N) is 5. The summed E-state index contributed by atoms with van der Waals surface area (Å²) in [5.41, 5.74) is 3.96. The monoisotopic (exact) mass is 498 g/mol. The number of carbonyl (C=O) groups excluding carboxylic acids is 1. The van der Waals surface area contributed by atoms with Crippen molar-refractivity contribution >= 4 is 16.8 Å². The predicted molar refractivity (Wildman–Crippen MR) is 129 cm³/mol. The molecule has 5 heterocycles. The minimum absolute atomic E-state index is 0.0476. The molecular weight excluding hydrogens is 481 g/mol. The van der Waals surface area contributed by atoms with Gasteiger partial charge in [-0.15, -0.1) is 0 Å². The maximum absolute atomic E-state index is 12.8. The average molecular weight is 498 g/mol. The third-order valence-electron chi connectivity index (χ3n) is 5.69. The molecule has 0 saturated heterocycles. The first kappa shape index (κ1) is 23.8. The molecule has 0 saturated carbocycles. The molecule has 0 aliphatic rings. The first-order valence-electron chi connectivity index (χ1n) is 11.1. The Morgan fingerprint density at radius 1 is 0.865 bits per heavy atom.